The minimum Gasteiger partial charge on any atom is -0.361 e. The molecule has 2 heterocycles. The fourth-order valence-electron chi connectivity index (χ4n) is 2.08. The Hall–Kier alpha value is -2.18. The van der Waals surface area contributed by atoms with Gasteiger partial charge in [0.05, 0.1) is 11.5 Å². The number of carbonyl (C=O) groups excluding carboxylic acids is 1. The molecule has 0 aromatic carbocycles. The van der Waals surface area contributed by atoms with Crippen LogP contribution in [0.5, 0.6) is 0 Å². The molecule has 1 N–H and O–H groups in total. The van der Waals surface area contributed by atoms with E-state index >= 15 is 0 Å². The number of aromatic nitrogens is 1. The summed E-state index contributed by atoms with van der Waals surface area (Å²) in [6, 6.07) is 1.44. The van der Waals surface area contributed by atoms with E-state index < -0.39 is 4.92 Å². The summed E-state index contributed by atoms with van der Waals surface area (Å²) in [5.41, 5.74) is 0.609. The molecule has 1 amide bonds. The topological polar surface area (TPSA) is 88.4 Å². The number of rotatable bonds is 4. The van der Waals surface area contributed by atoms with Gasteiger partial charge >= 0.3 is 0 Å². The van der Waals surface area contributed by atoms with Crippen LogP contribution in [0.15, 0.2) is 12.3 Å². The normalized spacial score (nSPS) is 14.5. The Labute approximate surface area is 110 Å². The highest BCUT2D eigenvalue weighted by Crippen LogP contribution is 2.17. The number of pyridine rings is 1. The lowest BCUT2D eigenvalue weighted by atomic mass is 10.2. The molecule has 7 heteroatoms. The predicted molar refractivity (Wildman–Crippen MR) is 69.9 cm³/mol. The molecule has 1 aliphatic rings. The molecular formula is C12H16N4O3. The Kier molecular flexibility index (Phi) is 3.94. The number of likely N-dealkylation sites (tertiary alicyclic amines) is 1. The molecule has 0 bridgehead atoms. The molecule has 0 spiro atoms. The van der Waals surface area contributed by atoms with Gasteiger partial charge in [-0.25, -0.2) is 4.98 Å². The van der Waals surface area contributed by atoms with Crippen LogP contribution >= 0.6 is 0 Å². The van der Waals surface area contributed by atoms with Crippen LogP contribution in [0.3, 0.4) is 0 Å². The molecule has 2 rings (SSSR count). The van der Waals surface area contributed by atoms with Crippen molar-refractivity contribution < 1.29 is 9.72 Å². The number of hydrogen-bond donors (Lipinski definition) is 1. The highest BCUT2D eigenvalue weighted by Gasteiger charge is 2.18. The molecule has 102 valence electrons. The third-order valence-corrected chi connectivity index (χ3v) is 3.14. The lowest BCUT2D eigenvalue weighted by Gasteiger charge is -2.16. The first-order chi connectivity index (χ1) is 9.08. The number of hydrogen-bond acceptors (Lipinski definition) is 5. The van der Waals surface area contributed by atoms with Crippen LogP contribution in [0.2, 0.25) is 0 Å². The van der Waals surface area contributed by atoms with Crippen molar-refractivity contribution in [3.05, 3.63) is 27.9 Å². The van der Waals surface area contributed by atoms with E-state index in [1.807, 2.05) is 4.90 Å². The maximum atomic E-state index is 11.8. The van der Waals surface area contributed by atoms with Crippen LogP contribution < -0.4 is 5.32 Å². The SMILES string of the molecule is Cc1cc([N+](=O)[O-])cnc1NCC(=O)N1CCCC1. The van der Waals surface area contributed by atoms with Crippen LogP contribution in [-0.2, 0) is 4.79 Å². The van der Waals surface area contributed by atoms with Gasteiger partial charge in [0.1, 0.15) is 12.0 Å². The molecule has 0 radical (unpaired) electrons. The first kappa shape index (κ1) is 13.3. The molecule has 19 heavy (non-hydrogen) atoms. The van der Waals surface area contributed by atoms with Gasteiger partial charge in [0.2, 0.25) is 5.91 Å². The maximum Gasteiger partial charge on any atom is 0.287 e. The van der Waals surface area contributed by atoms with Crippen LogP contribution in [0.25, 0.3) is 0 Å². The van der Waals surface area contributed by atoms with Crippen LogP contribution in [-0.4, -0.2) is 40.3 Å². The molecule has 1 fully saturated rings. The van der Waals surface area contributed by atoms with E-state index in [1.54, 1.807) is 6.92 Å². The zero-order valence-electron chi connectivity index (χ0n) is 10.8. The van der Waals surface area contributed by atoms with Crippen LogP contribution in [0.1, 0.15) is 18.4 Å². The van der Waals surface area contributed by atoms with Gasteiger partial charge in [-0.15, -0.1) is 0 Å². The summed E-state index contributed by atoms with van der Waals surface area (Å²) in [6.07, 6.45) is 3.30. The third-order valence-electron chi connectivity index (χ3n) is 3.14. The van der Waals surface area contributed by atoms with Gasteiger partial charge in [0, 0.05) is 19.2 Å². The number of anilines is 1. The second-order valence-corrected chi connectivity index (χ2v) is 4.56. The number of amides is 1. The highest BCUT2D eigenvalue weighted by atomic mass is 16.6. The Morgan fingerprint density at radius 3 is 2.79 bits per heavy atom. The number of nitrogens with zero attached hydrogens (tertiary/aromatic N) is 3. The quantitative estimate of drug-likeness (QED) is 0.654. The Balaban J connectivity index is 1.95. The number of carbonyl (C=O) groups is 1. The number of nitrogens with one attached hydrogen (secondary N) is 1. The van der Waals surface area contributed by atoms with E-state index in [-0.39, 0.29) is 18.1 Å². The maximum absolute atomic E-state index is 11.8. The summed E-state index contributed by atoms with van der Waals surface area (Å²) >= 11 is 0. The third kappa shape index (κ3) is 3.18. The molecular weight excluding hydrogens is 248 g/mol. The molecule has 0 atom stereocenters. The van der Waals surface area contributed by atoms with E-state index in [2.05, 4.69) is 10.3 Å². The van der Waals surface area contributed by atoms with Crippen molar-refractivity contribution in [1.29, 1.82) is 0 Å². The Bertz CT molecular complexity index is 498. The average Bonchev–Trinajstić information content (AvgIpc) is 2.90. The summed E-state index contributed by atoms with van der Waals surface area (Å²) < 4.78 is 0. The smallest absolute Gasteiger partial charge is 0.287 e. The largest absolute Gasteiger partial charge is 0.361 e. The molecule has 0 unspecified atom stereocenters. The molecule has 1 aromatic rings. The Morgan fingerprint density at radius 1 is 1.53 bits per heavy atom. The van der Waals surface area contributed by atoms with Crippen molar-refractivity contribution in [3.8, 4) is 0 Å². The fraction of sp³-hybridized carbons (Fsp3) is 0.500. The zero-order chi connectivity index (χ0) is 13.8. The highest BCUT2D eigenvalue weighted by molar-refractivity contribution is 5.81. The summed E-state index contributed by atoms with van der Waals surface area (Å²) in [4.78, 5) is 27.7. The summed E-state index contributed by atoms with van der Waals surface area (Å²) in [5.74, 6) is 0.551. The van der Waals surface area contributed by atoms with Gasteiger partial charge in [0.25, 0.3) is 5.69 Å². The lowest BCUT2D eigenvalue weighted by molar-refractivity contribution is -0.385. The monoisotopic (exact) mass is 264 g/mol. The van der Waals surface area contributed by atoms with Crippen molar-refractivity contribution in [1.82, 2.24) is 9.88 Å². The number of nitro groups is 1. The van der Waals surface area contributed by atoms with E-state index in [4.69, 9.17) is 0 Å². The molecule has 1 aromatic heterocycles. The summed E-state index contributed by atoms with van der Waals surface area (Å²) in [6.45, 7) is 3.52. The molecule has 0 saturated carbocycles. The van der Waals surface area contributed by atoms with Gasteiger partial charge in [-0.1, -0.05) is 0 Å². The molecule has 7 nitrogen and oxygen atoms in total. The summed E-state index contributed by atoms with van der Waals surface area (Å²) in [5, 5.41) is 13.5. The van der Waals surface area contributed by atoms with Crippen molar-refractivity contribution in [2.75, 3.05) is 25.0 Å². The van der Waals surface area contributed by atoms with Crippen molar-refractivity contribution >= 4 is 17.4 Å². The predicted octanol–water partition coefficient (Wildman–Crippen LogP) is 1.33. The van der Waals surface area contributed by atoms with Gasteiger partial charge in [0.15, 0.2) is 0 Å². The molecule has 1 aliphatic heterocycles. The van der Waals surface area contributed by atoms with Gasteiger partial charge < -0.3 is 10.2 Å². The zero-order valence-corrected chi connectivity index (χ0v) is 10.8. The van der Waals surface area contributed by atoms with Gasteiger partial charge in [-0.05, 0) is 25.3 Å². The van der Waals surface area contributed by atoms with E-state index in [0.29, 0.717) is 11.4 Å². The van der Waals surface area contributed by atoms with Gasteiger partial charge in [-0.3, -0.25) is 14.9 Å². The van der Waals surface area contributed by atoms with E-state index in [1.165, 1.54) is 12.3 Å². The lowest BCUT2D eigenvalue weighted by Crippen LogP contribution is -2.33. The van der Waals surface area contributed by atoms with Crippen molar-refractivity contribution in [2.45, 2.75) is 19.8 Å². The van der Waals surface area contributed by atoms with E-state index in [9.17, 15) is 14.9 Å². The van der Waals surface area contributed by atoms with Crippen LogP contribution in [0, 0.1) is 17.0 Å². The van der Waals surface area contributed by atoms with Crippen LogP contribution in [0.4, 0.5) is 11.5 Å². The van der Waals surface area contributed by atoms with Crippen molar-refractivity contribution in [3.63, 3.8) is 0 Å². The number of aryl methyl sites for hydroxylation is 1. The van der Waals surface area contributed by atoms with Crippen molar-refractivity contribution in [2.24, 2.45) is 0 Å². The first-order valence-electron chi connectivity index (χ1n) is 6.20. The second-order valence-electron chi connectivity index (χ2n) is 4.56. The standard InChI is InChI=1S/C12H16N4O3/c1-9-6-10(16(18)19)7-13-12(9)14-8-11(17)15-4-2-3-5-15/h6-7H,2-5,8H2,1H3,(H,13,14). The Morgan fingerprint density at radius 2 is 2.21 bits per heavy atom. The minimum absolute atomic E-state index is 0.0389. The van der Waals surface area contributed by atoms with Gasteiger partial charge in [-0.2, -0.15) is 0 Å². The first-order valence-corrected chi connectivity index (χ1v) is 6.20. The minimum atomic E-state index is -0.487. The summed E-state index contributed by atoms with van der Waals surface area (Å²) in [7, 11) is 0. The molecule has 1 saturated heterocycles. The van der Waals surface area contributed by atoms with E-state index in [0.717, 1.165) is 25.9 Å². The fourth-order valence-corrected chi connectivity index (χ4v) is 2.08. The molecule has 0 aliphatic carbocycles. The second kappa shape index (κ2) is 5.64. The average molecular weight is 264 g/mol.